The minimum absolute atomic E-state index is 0.0638. The summed E-state index contributed by atoms with van der Waals surface area (Å²) in [7, 11) is 1.84. The summed E-state index contributed by atoms with van der Waals surface area (Å²) >= 11 is 0. The quantitative estimate of drug-likeness (QED) is 0.743. The van der Waals surface area contributed by atoms with Crippen molar-refractivity contribution in [3.63, 3.8) is 0 Å². The van der Waals surface area contributed by atoms with Crippen LogP contribution in [0.25, 0.3) is 0 Å². The third-order valence-corrected chi connectivity index (χ3v) is 3.72. The maximum atomic E-state index is 12.0. The average Bonchev–Trinajstić information content (AvgIpc) is 2.84. The fraction of sp³-hybridized carbons (Fsp3) is 0.833. The van der Waals surface area contributed by atoms with Crippen molar-refractivity contribution < 1.29 is 9.59 Å². The van der Waals surface area contributed by atoms with Crippen LogP contribution in [0, 0.1) is 0 Å². The van der Waals surface area contributed by atoms with Crippen molar-refractivity contribution in [3.05, 3.63) is 0 Å². The second-order valence-corrected chi connectivity index (χ2v) is 4.92. The highest BCUT2D eigenvalue weighted by Crippen LogP contribution is 2.12. The Morgan fingerprint density at radius 3 is 3.00 bits per heavy atom. The largest absolute Gasteiger partial charge is 0.340 e. The molecule has 0 aromatic rings. The first kappa shape index (κ1) is 12.4. The van der Waals surface area contributed by atoms with Gasteiger partial charge in [0.1, 0.15) is 0 Å². The Labute approximate surface area is 102 Å². The van der Waals surface area contributed by atoms with Crippen LogP contribution in [0.3, 0.4) is 0 Å². The van der Waals surface area contributed by atoms with E-state index in [1.165, 1.54) is 0 Å². The van der Waals surface area contributed by atoms with Gasteiger partial charge in [0.15, 0.2) is 0 Å². The summed E-state index contributed by atoms with van der Waals surface area (Å²) in [5.74, 6) is 0.191. The number of likely N-dealkylation sites (N-methyl/N-ethyl adjacent to an activating group) is 1. The number of nitrogens with one attached hydrogen (secondary N) is 1. The molecule has 2 aliphatic heterocycles. The Hall–Kier alpha value is -1.10. The van der Waals surface area contributed by atoms with Gasteiger partial charge < -0.3 is 15.1 Å². The molecule has 17 heavy (non-hydrogen) atoms. The lowest BCUT2D eigenvalue weighted by Crippen LogP contribution is -2.47. The summed E-state index contributed by atoms with van der Waals surface area (Å²) in [5, 5.41) is 3.25. The number of nitrogens with zero attached hydrogens (tertiary/aromatic N) is 2. The van der Waals surface area contributed by atoms with Gasteiger partial charge >= 0.3 is 0 Å². The van der Waals surface area contributed by atoms with Gasteiger partial charge in [0.25, 0.3) is 0 Å². The number of likely N-dealkylation sites (tertiary alicyclic amines) is 1. The normalized spacial score (nSPS) is 25.1. The zero-order valence-electron chi connectivity index (χ0n) is 10.4. The molecule has 5 heteroatoms. The van der Waals surface area contributed by atoms with E-state index in [-0.39, 0.29) is 18.4 Å². The number of hydrogen-bond acceptors (Lipinski definition) is 3. The third kappa shape index (κ3) is 2.97. The Morgan fingerprint density at radius 2 is 2.35 bits per heavy atom. The molecule has 0 spiro atoms. The smallest absolute Gasteiger partial charge is 0.242 e. The van der Waals surface area contributed by atoms with Crippen LogP contribution in [-0.4, -0.2) is 60.9 Å². The number of carbonyl (C=O) groups excluding carboxylic acids is 2. The molecule has 1 unspecified atom stereocenters. The molecule has 0 radical (unpaired) electrons. The monoisotopic (exact) mass is 239 g/mol. The summed E-state index contributed by atoms with van der Waals surface area (Å²) in [6.45, 7) is 2.84. The topological polar surface area (TPSA) is 52.7 Å². The van der Waals surface area contributed by atoms with Crippen LogP contribution in [0.4, 0.5) is 0 Å². The van der Waals surface area contributed by atoms with Crippen molar-refractivity contribution >= 4 is 11.8 Å². The van der Waals surface area contributed by atoms with E-state index in [2.05, 4.69) is 5.32 Å². The van der Waals surface area contributed by atoms with Crippen molar-refractivity contribution in [1.29, 1.82) is 0 Å². The summed E-state index contributed by atoms with van der Waals surface area (Å²) in [5.41, 5.74) is 0. The summed E-state index contributed by atoms with van der Waals surface area (Å²) in [6.07, 6.45) is 3.60. The second-order valence-electron chi connectivity index (χ2n) is 4.92. The van der Waals surface area contributed by atoms with E-state index in [0.717, 1.165) is 38.9 Å². The molecule has 0 aromatic heterocycles. The number of hydrogen-bond donors (Lipinski definition) is 1. The van der Waals surface area contributed by atoms with Crippen LogP contribution in [0.2, 0.25) is 0 Å². The zero-order chi connectivity index (χ0) is 12.3. The minimum atomic E-state index is 0.0638. The van der Waals surface area contributed by atoms with Gasteiger partial charge in [-0.1, -0.05) is 0 Å². The van der Waals surface area contributed by atoms with Crippen LogP contribution in [0.5, 0.6) is 0 Å². The van der Waals surface area contributed by atoms with Gasteiger partial charge in [0, 0.05) is 32.6 Å². The minimum Gasteiger partial charge on any atom is -0.340 e. The molecule has 2 amide bonds. The van der Waals surface area contributed by atoms with Gasteiger partial charge in [-0.2, -0.15) is 0 Å². The number of carbonyl (C=O) groups is 2. The van der Waals surface area contributed by atoms with Crippen LogP contribution in [-0.2, 0) is 9.59 Å². The second kappa shape index (κ2) is 5.49. The highest BCUT2D eigenvalue weighted by molar-refractivity contribution is 5.85. The van der Waals surface area contributed by atoms with E-state index in [1.807, 2.05) is 7.05 Å². The first-order valence-electron chi connectivity index (χ1n) is 6.42. The lowest BCUT2D eigenvalue weighted by Gasteiger charge is -2.30. The number of rotatable bonds is 3. The fourth-order valence-electron chi connectivity index (χ4n) is 2.48. The molecular formula is C12H21N3O2. The van der Waals surface area contributed by atoms with Crippen molar-refractivity contribution in [2.24, 2.45) is 0 Å². The molecule has 2 saturated heterocycles. The van der Waals surface area contributed by atoms with Crippen LogP contribution >= 0.6 is 0 Å². The molecule has 5 nitrogen and oxygen atoms in total. The van der Waals surface area contributed by atoms with Crippen molar-refractivity contribution in [3.8, 4) is 0 Å². The molecule has 2 heterocycles. The van der Waals surface area contributed by atoms with Crippen LogP contribution < -0.4 is 5.32 Å². The van der Waals surface area contributed by atoms with Gasteiger partial charge in [-0.05, 0) is 25.8 Å². The average molecular weight is 239 g/mol. The predicted molar refractivity (Wildman–Crippen MR) is 64.5 cm³/mol. The molecule has 96 valence electrons. The maximum absolute atomic E-state index is 12.0. The molecule has 2 fully saturated rings. The molecule has 1 N–H and O–H groups in total. The van der Waals surface area contributed by atoms with Gasteiger partial charge in [-0.15, -0.1) is 0 Å². The van der Waals surface area contributed by atoms with E-state index in [1.54, 1.807) is 9.80 Å². The molecule has 0 aliphatic carbocycles. The lowest BCUT2D eigenvalue weighted by atomic mass is 10.1. The molecule has 2 rings (SSSR count). The lowest BCUT2D eigenvalue weighted by molar-refractivity contribution is -0.142. The Bertz CT molecular complexity index is 300. The van der Waals surface area contributed by atoms with Crippen molar-refractivity contribution in [2.75, 3.05) is 33.2 Å². The van der Waals surface area contributed by atoms with Crippen molar-refractivity contribution in [1.82, 2.24) is 15.1 Å². The highest BCUT2D eigenvalue weighted by atomic mass is 16.2. The van der Waals surface area contributed by atoms with E-state index in [9.17, 15) is 9.59 Å². The molecule has 0 aromatic carbocycles. The Kier molecular flexibility index (Phi) is 3.99. The fourth-order valence-corrected chi connectivity index (χ4v) is 2.48. The Morgan fingerprint density at radius 1 is 1.53 bits per heavy atom. The van der Waals surface area contributed by atoms with E-state index in [0.29, 0.717) is 12.5 Å². The summed E-state index contributed by atoms with van der Waals surface area (Å²) in [4.78, 5) is 27.2. The molecule has 0 bridgehead atoms. The molecule has 1 atom stereocenters. The molecule has 0 saturated carbocycles. The SMILES string of the molecule is CN(C(=O)CN1CCCCC1=O)C1CCNC1. The molecule has 2 aliphatic rings. The van der Waals surface area contributed by atoms with Crippen molar-refractivity contribution in [2.45, 2.75) is 31.7 Å². The zero-order valence-corrected chi connectivity index (χ0v) is 10.4. The van der Waals surface area contributed by atoms with Gasteiger partial charge in [-0.25, -0.2) is 0 Å². The predicted octanol–water partition coefficient (Wildman–Crippen LogP) is -0.181. The first-order chi connectivity index (χ1) is 8.18. The molecular weight excluding hydrogens is 218 g/mol. The van der Waals surface area contributed by atoms with E-state index in [4.69, 9.17) is 0 Å². The number of amides is 2. The van der Waals surface area contributed by atoms with E-state index >= 15 is 0 Å². The van der Waals surface area contributed by atoms with Crippen LogP contribution in [0.15, 0.2) is 0 Å². The Balaban J connectivity index is 1.84. The standard InChI is InChI=1S/C12H21N3O2/c1-14(10-5-6-13-8-10)12(17)9-15-7-3-2-4-11(15)16/h10,13H,2-9H2,1H3. The van der Waals surface area contributed by atoms with Crippen LogP contribution in [0.1, 0.15) is 25.7 Å². The van der Waals surface area contributed by atoms with Gasteiger partial charge in [-0.3, -0.25) is 9.59 Å². The highest BCUT2D eigenvalue weighted by Gasteiger charge is 2.26. The van der Waals surface area contributed by atoms with Gasteiger partial charge in [0.05, 0.1) is 6.54 Å². The first-order valence-corrected chi connectivity index (χ1v) is 6.42. The summed E-state index contributed by atoms with van der Waals surface area (Å²) in [6, 6.07) is 0.294. The summed E-state index contributed by atoms with van der Waals surface area (Å²) < 4.78 is 0. The maximum Gasteiger partial charge on any atom is 0.242 e. The third-order valence-electron chi connectivity index (χ3n) is 3.72. The number of piperidine rings is 1. The van der Waals surface area contributed by atoms with E-state index < -0.39 is 0 Å². The van der Waals surface area contributed by atoms with Gasteiger partial charge in [0.2, 0.25) is 11.8 Å².